The second-order valence-corrected chi connectivity index (χ2v) is 6.59. The number of unbranched alkanes of at least 4 members (excludes halogenated alkanes) is 3. The molecule has 0 rings (SSSR count). The zero-order valence-electron chi connectivity index (χ0n) is 20.1. The van der Waals surface area contributed by atoms with Gasteiger partial charge in [0.2, 0.25) is 0 Å². The van der Waals surface area contributed by atoms with Crippen molar-refractivity contribution >= 4 is 0 Å². The molecule has 0 heterocycles. The molecule has 0 nitrogen and oxygen atoms in total. The molecule has 0 aliphatic rings. The summed E-state index contributed by atoms with van der Waals surface area (Å²) in [5.74, 6) is 1.72. The maximum atomic E-state index is 2.22. The van der Waals surface area contributed by atoms with Crippen LogP contribution in [0.1, 0.15) is 142 Å². The first-order valence-electron chi connectivity index (χ1n) is 10.7. The van der Waals surface area contributed by atoms with Gasteiger partial charge in [-0.05, 0) is 11.8 Å². The molecular formula is C23H58. The second-order valence-electron chi connectivity index (χ2n) is 6.59. The molecule has 0 saturated carbocycles. The lowest BCUT2D eigenvalue weighted by molar-refractivity contribution is 0.626. The van der Waals surface area contributed by atoms with Crippen molar-refractivity contribution in [2.75, 3.05) is 0 Å². The van der Waals surface area contributed by atoms with Gasteiger partial charge < -0.3 is 0 Å². The van der Waals surface area contributed by atoms with Crippen LogP contribution in [0.15, 0.2) is 0 Å². The van der Waals surface area contributed by atoms with Crippen LogP contribution in [0, 0.1) is 11.8 Å². The highest BCUT2D eigenvalue weighted by Gasteiger charge is 1.80. The van der Waals surface area contributed by atoms with Crippen LogP contribution in [0.3, 0.4) is 0 Å². The normalized spacial score (nSPS) is 7.83. The highest BCUT2D eigenvalue weighted by Crippen LogP contribution is 1.93. The molecule has 0 amide bonds. The number of hydrogen-bond acceptors (Lipinski definition) is 0. The van der Waals surface area contributed by atoms with Crippen LogP contribution in [0.4, 0.5) is 0 Å². The second kappa shape index (κ2) is 57.4. The fourth-order valence-corrected chi connectivity index (χ4v) is 0.354. The monoisotopic (exact) mass is 334 g/mol. The molecule has 0 saturated heterocycles. The van der Waals surface area contributed by atoms with Gasteiger partial charge in [-0.1, -0.05) is 142 Å². The van der Waals surface area contributed by atoms with E-state index in [0.717, 1.165) is 11.8 Å². The predicted molar refractivity (Wildman–Crippen MR) is 119 cm³/mol. The minimum atomic E-state index is 0.833. The first-order chi connectivity index (χ1) is 10.7. The van der Waals surface area contributed by atoms with Crippen molar-refractivity contribution < 1.29 is 0 Å². The summed E-state index contributed by atoms with van der Waals surface area (Å²) in [4.78, 5) is 0. The molecular weight excluding hydrogens is 276 g/mol. The van der Waals surface area contributed by atoms with E-state index in [-0.39, 0.29) is 0 Å². The molecule has 0 aromatic rings. The summed E-state index contributed by atoms with van der Waals surface area (Å²) in [7, 11) is 0. The van der Waals surface area contributed by atoms with Gasteiger partial charge in [0.25, 0.3) is 0 Å². The Kier molecular flexibility index (Phi) is 96.1. The average molecular weight is 335 g/mol. The molecule has 0 aromatic carbocycles. The Balaban J connectivity index is -0.0000000386. The fraction of sp³-hybridized carbons (Fsp3) is 1.00. The van der Waals surface area contributed by atoms with E-state index in [0.29, 0.717) is 0 Å². The quantitative estimate of drug-likeness (QED) is 0.479. The number of hydrogen-bond donors (Lipinski definition) is 0. The molecule has 0 spiro atoms. The Morgan fingerprint density at radius 3 is 0.696 bits per heavy atom. The van der Waals surface area contributed by atoms with Crippen LogP contribution in [0.5, 0.6) is 0 Å². The van der Waals surface area contributed by atoms with Gasteiger partial charge in [0.1, 0.15) is 0 Å². The predicted octanol–water partition coefficient (Wildman–Crippen LogP) is 10.2. The molecule has 23 heavy (non-hydrogen) atoms. The SMILES string of the molecule is CC.CC(C)C.CCC.CCC(C)C.CCCC.CCCCC. The summed E-state index contributed by atoms with van der Waals surface area (Å²) in [6.45, 7) is 30.2. The Morgan fingerprint density at radius 1 is 0.522 bits per heavy atom. The van der Waals surface area contributed by atoms with E-state index in [9.17, 15) is 0 Å². The molecule has 150 valence electrons. The molecule has 0 unspecified atom stereocenters. The minimum absolute atomic E-state index is 0.833. The standard InChI is InChI=1S/2C5H12.2C4H10.C3H8.C2H6/c1-4-5(2)3;1-3-5-4-2;1-4(2)3;1-3-4-2;1-3-2;1-2/h5H,4H2,1-3H3;3-5H2,1-2H3;4H,1-3H3;3-4H2,1-2H3;3H2,1-2H3;1-2H3. The lowest BCUT2D eigenvalue weighted by Crippen LogP contribution is -1.77. The third kappa shape index (κ3) is 352. The highest BCUT2D eigenvalue weighted by atomic mass is 13.9. The smallest absolute Gasteiger partial charge is 0.0474 e. The fourth-order valence-electron chi connectivity index (χ4n) is 0.354. The van der Waals surface area contributed by atoms with E-state index < -0.39 is 0 Å². The van der Waals surface area contributed by atoms with E-state index in [2.05, 4.69) is 83.1 Å². The molecule has 0 aromatic heterocycles. The summed E-state index contributed by atoms with van der Waals surface area (Å²) in [6.07, 6.45) is 9.27. The molecule has 0 bridgehead atoms. The van der Waals surface area contributed by atoms with Crippen LogP contribution in [0.2, 0.25) is 0 Å². The van der Waals surface area contributed by atoms with Gasteiger partial charge >= 0.3 is 0 Å². The van der Waals surface area contributed by atoms with Crippen molar-refractivity contribution in [1.82, 2.24) is 0 Å². The van der Waals surface area contributed by atoms with Gasteiger partial charge in [-0.3, -0.25) is 0 Å². The Morgan fingerprint density at radius 2 is 0.696 bits per heavy atom. The highest BCUT2D eigenvalue weighted by molar-refractivity contribution is 4.32. The first-order valence-corrected chi connectivity index (χ1v) is 10.7. The van der Waals surface area contributed by atoms with Crippen LogP contribution in [-0.2, 0) is 0 Å². The van der Waals surface area contributed by atoms with Crippen molar-refractivity contribution in [3.63, 3.8) is 0 Å². The molecule has 0 aliphatic heterocycles. The summed E-state index contributed by atoms with van der Waals surface area (Å²) >= 11 is 0. The van der Waals surface area contributed by atoms with Crippen molar-refractivity contribution in [2.24, 2.45) is 11.8 Å². The largest absolute Gasteiger partial charge is 0.0683 e. The Labute approximate surface area is 154 Å². The molecule has 0 atom stereocenters. The average Bonchev–Trinajstić information content (AvgIpc) is 2.51. The molecule has 0 N–H and O–H groups in total. The topological polar surface area (TPSA) is 0 Å². The van der Waals surface area contributed by atoms with Crippen molar-refractivity contribution in [2.45, 2.75) is 142 Å². The minimum Gasteiger partial charge on any atom is -0.0683 e. The summed E-state index contributed by atoms with van der Waals surface area (Å²) < 4.78 is 0. The van der Waals surface area contributed by atoms with E-state index in [1.165, 1.54) is 44.9 Å². The lowest BCUT2D eigenvalue weighted by Gasteiger charge is -1.90. The maximum Gasteiger partial charge on any atom is -0.0474 e. The van der Waals surface area contributed by atoms with Gasteiger partial charge in [-0.25, -0.2) is 0 Å². The summed E-state index contributed by atoms with van der Waals surface area (Å²) in [5, 5.41) is 0. The van der Waals surface area contributed by atoms with Gasteiger partial charge in [-0.2, -0.15) is 0 Å². The lowest BCUT2D eigenvalue weighted by atomic mass is 10.2. The first kappa shape index (κ1) is 38.5. The number of rotatable bonds is 4. The van der Waals surface area contributed by atoms with Crippen LogP contribution in [-0.4, -0.2) is 0 Å². The summed E-state index contributed by atoms with van der Waals surface area (Å²) in [5.41, 5.74) is 0. The third-order valence-electron chi connectivity index (χ3n) is 2.02. The molecule has 0 fully saturated rings. The van der Waals surface area contributed by atoms with Crippen LogP contribution in [0.25, 0.3) is 0 Å². The van der Waals surface area contributed by atoms with Crippen LogP contribution < -0.4 is 0 Å². The van der Waals surface area contributed by atoms with Gasteiger partial charge in [0.15, 0.2) is 0 Å². The van der Waals surface area contributed by atoms with Crippen molar-refractivity contribution in [3.8, 4) is 0 Å². The third-order valence-corrected chi connectivity index (χ3v) is 2.02. The molecule has 0 aliphatic carbocycles. The Bertz CT molecular complexity index is 85.5. The van der Waals surface area contributed by atoms with Crippen molar-refractivity contribution in [3.05, 3.63) is 0 Å². The summed E-state index contributed by atoms with van der Waals surface area (Å²) in [6, 6.07) is 0. The molecule has 0 radical (unpaired) electrons. The Hall–Kier alpha value is 0. The zero-order chi connectivity index (χ0) is 20.1. The van der Waals surface area contributed by atoms with E-state index in [4.69, 9.17) is 0 Å². The maximum absolute atomic E-state index is 2.22. The van der Waals surface area contributed by atoms with E-state index >= 15 is 0 Å². The molecule has 0 heteroatoms. The van der Waals surface area contributed by atoms with Gasteiger partial charge in [0.05, 0.1) is 0 Å². The van der Waals surface area contributed by atoms with Crippen molar-refractivity contribution in [1.29, 1.82) is 0 Å². The zero-order valence-corrected chi connectivity index (χ0v) is 20.1. The van der Waals surface area contributed by atoms with Crippen LogP contribution >= 0.6 is 0 Å². The van der Waals surface area contributed by atoms with E-state index in [1.807, 2.05) is 13.8 Å². The van der Waals surface area contributed by atoms with Gasteiger partial charge in [-0.15, -0.1) is 0 Å². The van der Waals surface area contributed by atoms with Gasteiger partial charge in [0, 0.05) is 0 Å². The van der Waals surface area contributed by atoms with E-state index in [1.54, 1.807) is 0 Å².